The minimum absolute atomic E-state index is 0.0980. The summed E-state index contributed by atoms with van der Waals surface area (Å²) in [7, 11) is 1.35. The normalized spacial score (nSPS) is 19.3. The maximum atomic E-state index is 12.5. The van der Waals surface area contributed by atoms with E-state index < -0.39 is 5.97 Å². The number of esters is 1. The summed E-state index contributed by atoms with van der Waals surface area (Å²) in [5, 5.41) is 8.51. The van der Waals surface area contributed by atoms with Crippen LogP contribution < -0.4 is 10.6 Å². The molecule has 1 aromatic carbocycles. The van der Waals surface area contributed by atoms with Gasteiger partial charge < -0.3 is 15.4 Å². The Hall–Kier alpha value is -2.34. The second-order valence-electron chi connectivity index (χ2n) is 7.07. The van der Waals surface area contributed by atoms with E-state index >= 15 is 0 Å². The molecule has 6 heteroatoms. The van der Waals surface area contributed by atoms with Crippen molar-refractivity contribution in [3.8, 4) is 0 Å². The van der Waals surface area contributed by atoms with Gasteiger partial charge in [-0.25, -0.2) is 4.79 Å². The third kappa shape index (κ3) is 5.10. The second-order valence-corrected chi connectivity index (χ2v) is 8.10. The fourth-order valence-electron chi connectivity index (χ4n) is 3.51. The monoisotopic (exact) mass is 386 g/mol. The van der Waals surface area contributed by atoms with Crippen LogP contribution in [0.3, 0.4) is 0 Å². The number of methoxy groups -OCH3 is 1. The molecule has 1 amide bonds. The number of carbonyl (C=O) groups excluding carboxylic acids is 2. The molecule has 1 aliphatic rings. The Bertz CT molecular complexity index is 789. The Morgan fingerprint density at radius 2 is 2.00 bits per heavy atom. The number of rotatable bonds is 6. The van der Waals surface area contributed by atoms with Gasteiger partial charge in [0.05, 0.1) is 30.5 Å². The fraction of sp³-hybridized carbons (Fsp3) is 0.429. The first-order valence-corrected chi connectivity index (χ1v) is 10.3. The van der Waals surface area contributed by atoms with Crippen LogP contribution in [-0.2, 0) is 16.0 Å². The molecule has 1 saturated carbocycles. The van der Waals surface area contributed by atoms with Gasteiger partial charge in [0.25, 0.3) is 0 Å². The fourth-order valence-corrected chi connectivity index (χ4v) is 4.22. The second kappa shape index (κ2) is 9.04. The average Bonchev–Trinajstić information content (AvgIpc) is 3.17. The molecule has 2 atom stereocenters. The van der Waals surface area contributed by atoms with E-state index in [0.29, 0.717) is 29.6 Å². The molecule has 2 N–H and O–H groups in total. The standard InChI is InChI=1S/C21H26N2O3S/c1-14-6-3-4-8-17(14)22-18-10-9-15(21(25)26-2)12-19(18)23-20(24)13-16-7-5-11-27-16/h5,7,9-12,14,17,22H,3-4,6,8,13H2,1-2H3,(H,23,24). The van der Waals surface area contributed by atoms with Crippen molar-refractivity contribution in [1.82, 2.24) is 0 Å². The number of ether oxygens (including phenoxy) is 1. The summed E-state index contributed by atoms with van der Waals surface area (Å²) in [6.45, 7) is 2.26. The smallest absolute Gasteiger partial charge is 0.337 e. The molecule has 0 spiro atoms. The lowest BCUT2D eigenvalue weighted by Crippen LogP contribution is -2.31. The summed E-state index contributed by atoms with van der Waals surface area (Å²) in [5.74, 6) is 0.0641. The van der Waals surface area contributed by atoms with E-state index in [2.05, 4.69) is 17.6 Å². The van der Waals surface area contributed by atoms with E-state index in [9.17, 15) is 9.59 Å². The summed E-state index contributed by atoms with van der Waals surface area (Å²) in [6.07, 6.45) is 5.12. The first kappa shape index (κ1) is 19.4. The van der Waals surface area contributed by atoms with Crippen LogP contribution in [0.1, 0.15) is 47.8 Å². The van der Waals surface area contributed by atoms with E-state index in [0.717, 1.165) is 17.0 Å². The SMILES string of the molecule is COC(=O)c1ccc(NC2CCCCC2C)c(NC(=O)Cc2cccs2)c1. The summed E-state index contributed by atoms with van der Waals surface area (Å²) in [6, 6.07) is 9.52. The topological polar surface area (TPSA) is 67.4 Å². The van der Waals surface area contributed by atoms with Crippen LogP contribution in [0.4, 0.5) is 11.4 Å². The number of benzene rings is 1. The summed E-state index contributed by atoms with van der Waals surface area (Å²) >= 11 is 1.56. The van der Waals surface area contributed by atoms with Gasteiger partial charge in [-0.1, -0.05) is 25.8 Å². The average molecular weight is 387 g/mol. The molecule has 0 aliphatic heterocycles. The van der Waals surface area contributed by atoms with Crippen molar-refractivity contribution in [1.29, 1.82) is 0 Å². The Kier molecular flexibility index (Phi) is 6.50. The molecule has 144 valence electrons. The van der Waals surface area contributed by atoms with Crippen molar-refractivity contribution in [2.75, 3.05) is 17.7 Å². The van der Waals surface area contributed by atoms with Crippen molar-refractivity contribution in [2.24, 2.45) is 5.92 Å². The number of nitrogens with one attached hydrogen (secondary N) is 2. The van der Waals surface area contributed by atoms with Crippen molar-refractivity contribution in [2.45, 2.75) is 45.1 Å². The van der Waals surface area contributed by atoms with Gasteiger partial charge in [-0.3, -0.25) is 4.79 Å². The highest BCUT2D eigenvalue weighted by molar-refractivity contribution is 7.10. The molecule has 1 aliphatic carbocycles. The number of amides is 1. The molecule has 2 aromatic rings. The number of hydrogen-bond donors (Lipinski definition) is 2. The summed E-state index contributed by atoms with van der Waals surface area (Å²) in [4.78, 5) is 25.4. The van der Waals surface area contributed by atoms with Gasteiger partial charge in [0.15, 0.2) is 0 Å². The van der Waals surface area contributed by atoms with Crippen LogP contribution >= 0.6 is 11.3 Å². The van der Waals surface area contributed by atoms with Gasteiger partial charge in [-0.05, 0) is 48.4 Å². The Balaban J connectivity index is 1.80. The minimum atomic E-state index is -0.415. The highest BCUT2D eigenvalue weighted by Gasteiger charge is 2.22. The van der Waals surface area contributed by atoms with Crippen LogP contribution in [-0.4, -0.2) is 25.0 Å². The number of carbonyl (C=O) groups is 2. The molecule has 1 aromatic heterocycles. The third-order valence-electron chi connectivity index (χ3n) is 5.08. The molecular formula is C21H26N2O3S. The largest absolute Gasteiger partial charge is 0.465 e. The highest BCUT2D eigenvalue weighted by atomic mass is 32.1. The van der Waals surface area contributed by atoms with Crippen molar-refractivity contribution >= 4 is 34.6 Å². The number of thiophene rings is 1. The Morgan fingerprint density at radius 3 is 2.70 bits per heavy atom. The third-order valence-corrected chi connectivity index (χ3v) is 5.96. The van der Waals surface area contributed by atoms with Crippen LogP contribution in [0.2, 0.25) is 0 Å². The van der Waals surface area contributed by atoms with Gasteiger partial charge >= 0.3 is 5.97 Å². The molecule has 5 nitrogen and oxygen atoms in total. The molecule has 27 heavy (non-hydrogen) atoms. The van der Waals surface area contributed by atoms with Crippen molar-refractivity contribution in [3.05, 3.63) is 46.2 Å². The predicted molar refractivity (Wildman–Crippen MR) is 109 cm³/mol. The minimum Gasteiger partial charge on any atom is -0.465 e. The Labute approximate surface area is 164 Å². The van der Waals surface area contributed by atoms with E-state index in [1.807, 2.05) is 23.6 Å². The zero-order valence-electron chi connectivity index (χ0n) is 15.8. The van der Waals surface area contributed by atoms with Crippen molar-refractivity contribution in [3.63, 3.8) is 0 Å². The zero-order chi connectivity index (χ0) is 19.2. The van der Waals surface area contributed by atoms with Gasteiger partial charge in [0, 0.05) is 10.9 Å². The first-order chi connectivity index (χ1) is 13.1. The predicted octanol–water partition coefficient (Wildman–Crippen LogP) is 4.71. The summed E-state index contributed by atoms with van der Waals surface area (Å²) < 4.78 is 4.82. The lowest BCUT2D eigenvalue weighted by atomic mass is 9.86. The van der Waals surface area contributed by atoms with Crippen LogP contribution in [0, 0.1) is 5.92 Å². The van der Waals surface area contributed by atoms with Crippen LogP contribution in [0.5, 0.6) is 0 Å². The molecule has 1 heterocycles. The zero-order valence-corrected chi connectivity index (χ0v) is 16.6. The molecule has 3 rings (SSSR count). The van der Waals surface area contributed by atoms with Gasteiger partial charge in [0.2, 0.25) is 5.91 Å². The molecule has 0 saturated heterocycles. The maximum absolute atomic E-state index is 12.5. The maximum Gasteiger partial charge on any atom is 0.337 e. The van der Waals surface area contributed by atoms with E-state index in [1.54, 1.807) is 23.5 Å². The first-order valence-electron chi connectivity index (χ1n) is 9.38. The molecule has 0 radical (unpaired) electrons. The quantitative estimate of drug-likeness (QED) is 0.706. The van der Waals surface area contributed by atoms with Crippen LogP contribution in [0.25, 0.3) is 0 Å². The number of anilines is 2. The van der Waals surface area contributed by atoms with E-state index in [4.69, 9.17) is 4.74 Å². The molecule has 2 unspecified atom stereocenters. The molecular weight excluding hydrogens is 360 g/mol. The Morgan fingerprint density at radius 1 is 1.19 bits per heavy atom. The van der Waals surface area contributed by atoms with Gasteiger partial charge in [-0.2, -0.15) is 0 Å². The van der Waals surface area contributed by atoms with E-state index in [-0.39, 0.29) is 5.91 Å². The molecule has 0 bridgehead atoms. The van der Waals surface area contributed by atoms with Gasteiger partial charge in [-0.15, -0.1) is 11.3 Å². The van der Waals surface area contributed by atoms with E-state index in [1.165, 1.54) is 26.4 Å². The van der Waals surface area contributed by atoms with Crippen LogP contribution in [0.15, 0.2) is 35.7 Å². The lowest BCUT2D eigenvalue weighted by molar-refractivity contribution is -0.115. The van der Waals surface area contributed by atoms with Crippen molar-refractivity contribution < 1.29 is 14.3 Å². The number of hydrogen-bond acceptors (Lipinski definition) is 5. The highest BCUT2D eigenvalue weighted by Crippen LogP contribution is 2.31. The molecule has 1 fully saturated rings. The summed E-state index contributed by atoms with van der Waals surface area (Å²) in [5.41, 5.74) is 1.89. The van der Waals surface area contributed by atoms with Gasteiger partial charge in [0.1, 0.15) is 0 Å². The lowest BCUT2D eigenvalue weighted by Gasteiger charge is -2.31.